The van der Waals surface area contributed by atoms with E-state index in [1.807, 2.05) is 61.5 Å². The van der Waals surface area contributed by atoms with Crippen molar-refractivity contribution in [3.8, 4) is 22.7 Å². The molecule has 140 valence electrons. The summed E-state index contributed by atoms with van der Waals surface area (Å²) >= 11 is 0. The van der Waals surface area contributed by atoms with Gasteiger partial charge in [0, 0.05) is 24.9 Å². The molecule has 0 spiro atoms. The minimum atomic E-state index is -0.187. The Bertz CT molecular complexity index is 889. The molecule has 6 nitrogen and oxygen atoms in total. The van der Waals surface area contributed by atoms with E-state index in [1.165, 1.54) is 0 Å². The van der Waals surface area contributed by atoms with Gasteiger partial charge < -0.3 is 14.8 Å². The van der Waals surface area contributed by atoms with E-state index in [9.17, 15) is 4.79 Å². The molecule has 27 heavy (non-hydrogen) atoms. The highest BCUT2D eigenvalue weighted by Gasteiger charge is 2.20. The molecule has 1 atom stereocenters. The van der Waals surface area contributed by atoms with Gasteiger partial charge in [-0.25, -0.2) is 4.68 Å². The molecule has 2 aromatic carbocycles. The molecule has 6 heteroatoms. The van der Waals surface area contributed by atoms with Crippen LogP contribution in [0.4, 0.5) is 0 Å². The number of benzene rings is 2. The Balaban J connectivity index is 2.01. The molecule has 0 fully saturated rings. The van der Waals surface area contributed by atoms with Gasteiger partial charge in [-0.2, -0.15) is 5.10 Å². The Morgan fingerprint density at radius 1 is 1.11 bits per heavy atom. The van der Waals surface area contributed by atoms with Crippen molar-refractivity contribution in [2.45, 2.75) is 13.0 Å². The predicted octanol–water partition coefficient (Wildman–Crippen LogP) is 3.31. The number of nitrogens with one attached hydrogen (secondary N) is 1. The minimum Gasteiger partial charge on any atom is -0.497 e. The second-order valence-electron chi connectivity index (χ2n) is 6.23. The number of aromatic nitrogens is 2. The lowest BCUT2D eigenvalue weighted by molar-refractivity contribution is 0.0906. The molecule has 0 aliphatic rings. The summed E-state index contributed by atoms with van der Waals surface area (Å²) < 4.78 is 12.0. The lowest BCUT2D eigenvalue weighted by Gasteiger charge is -2.12. The van der Waals surface area contributed by atoms with Crippen LogP contribution >= 0.6 is 0 Å². The second-order valence-corrected chi connectivity index (χ2v) is 6.23. The van der Waals surface area contributed by atoms with E-state index in [4.69, 9.17) is 9.47 Å². The lowest BCUT2D eigenvalue weighted by Crippen LogP contribution is -2.35. The van der Waals surface area contributed by atoms with Crippen LogP contribution in [0, 0.1) is 0 Å². The second kappa shape index (κ2) is 8.51. The highest BCUT2D eigenvalue weighted by Crippen LogP contribution is 2.26. The van der Waals surface area contributed by atoms with E-state index in [2.05, 4.69) is 10.4 Å². The van der Waals surface area contributed by atoms with Gasteiger partial charge in [-0.3, -0.25) is 4.79 Å². The number of carbonyl (C=O) groups excluding carboxylic acids is 1. The van der Waals surface area contributed by atoms with Gasteiger partial charge in [0.25, 0.3) is 5.91 Å². The van der Waals surface area contributed by atoms with Crippen molar-refractivity contribution in [3.05, 3.63) is 66.4 Å². The summed E-state index contributed by atoms with van der Waals surface area (Å²) in [5.41, 5.74) is 2.85. The van der Waals surface area contributed by atoms with E-state index < -0.39 is 0 Å². The molecular formula is C21H23N3O3. The Hall–Kier alpha value is -3.12. The number of nitrogens with zero attached hydrogens (tertiary/aromatic N) is 2. The van der Waals surface area contributed by atoms with Crippen LogP contribution in [0.15, 0.2) is 60.8 Å². The van der Waals surface area contributed by atoms with Crippen molar-refractivity contribution >= 4 is 5.91 Å². The molecule has 3 rings (SSSR count). The molecule has 1 amide bonds. The van der Waals surface area contributed by atoms with Crippen LogP contribution in [0.1, 0.15) is 17.3 Å². The normalized spacial score (nSPS) is 11.8. The highest BCUT2D eigenvalue weighted by molar-refractivity contribution is 6.00. The van der Waals surface area contributed by atoms with Crippen LogP contribution in [0.5, 0.6) is 5.75 Å². The number of carbonyl (C=O) groups is 1. The quantitative estimate of drug-likeness (QED) is 0.698. The summed E-state index contributed by atoms with van der Waals surface area (Å²) in [7, 11) is 3.23. The number of hydrogen-bond acceptors (Lipinski definition) is 4. The van der Waals surface area contributed by atoms with E-state index in [-0.39, 0.29) is 11.9 Å². The molecule has 1 aromatic heterocycles. The SMILES string of the molecule is COCC(C)NC(=O)c1cn(-c2ccccc2)nc1-c1ccc(OC)cc1. The standard InChI is InChI=1S/C21H23N3O3/c1-15(14-26-2)22-21(25)19-13-24(17-7-5-4-6-8-17)23-20(19)16-9-11-18(27-3)12-10-16/h4-13,15H,14H2,1-3H3,(H,22,25). The summed E-state index contributed by atoms with van der Waals surface area (Å²) in [4.78, 5) is 12.8. The summed E-state index contributed by atoms with van der Waals surface area (Å²) in [5, 5.41) is 7.62. The maximum Gasteiger partial charge on any atom is 0.255 e. The van der Waals surface area contributed by atoms with Crippen molar-refractivity contribution in [2.75, 3.05) is 20.8 Å². The molecule has 1 heterocycles. The third-order valence-corrected chi connectivity index (χ3v) is 4.14. The van der Waals surface area contributed by atoms with Gasteiger partial charge in [-0.15, -0.1) is 0 Å². The number of methoxy groups -OCH3 is 2. The van der Waals surface area contributed by atoms with Gasteiger partial charge in [0.05, 0.1) is 25.0 Å². The predicted molar refractivity (Wildman–Crippen MR) is 104 cm³/mol. The Labute approximate surface area is 158 Å². The summed E-state index contributed by atoms with van der Waals surface area (Å²) in [5.74, 6) is 0.563. The molecule has 0 aliphatic carbocycles. The summed E-state index contributed by atoms with van der Waals surface area (Å²) in [6.45, 7) is 2.34. The third kappa shape index (κ3) is 4.35. The highest BCUT2D eigenvalue weighted by atomic mass is 16.5. The molecular weight excluding hydrogens is 342 g/mol. The fourth-order valence-corrected chi connectivity index (χ4v) is 2.81. The van der Waals surface area contributed by atoms with E-state index >= 15 is 0 Å². The lowest BCUT2D eigenvalue weighted by atomic mass is 10.1. The van der Waals surface area contributed by atoms with E-state index in [0.717, 1.165) is 17.0 Å². The monoisotopic (exact) mass is 365 g/mol. The average molecular weight is 365 g/mol. The molecule has 0 saturated heterocycles. The molecule has 0 bridgehead atoms. The fourth-order valence-electron chi connectivity index (χ4n) is 2.81. The van der Waals surface area contributed by atoms with Crippen LogP contribution in [0.2, 0.25) is 0 Å². The van der Waals surface area contributed by atoms with Crippen LogP contribution in [-0.2, 0) is 4.74 Å². The van der Waals surface area contributed by atoms with Crippen molar-refractivity contribution < 1.29 is 14.3 Å². The first-order valence-corrected chi connectivity index (χ1v) is 8.71. The topological polar surface area (TPSA) is 65.4 Å². The largest absolute Gasteiger partial charge is 0.497 e. The number of hydrogen-bond donors (Lipinski definition) is 1. The van der Waals surface area contributed by atoms with E-state index in [0.29, 0.717) is 17.9 Å². The molecule has 1 N–H and O–H groups in total. The fraction of sp³-hybridized carbons (Fsp3) is 0.238. The Kier molecular flexibility index (Phi) is 5.88. The smallest absolute Gasteiger partial charge is 0.255 e. The van der Waals surface area contributed by atoms with Gasteiger partial charge in [0.1, 0.15) is 11.4 Å². The van der Waals surface area contributed by atoms with Gasteiger partial charge in [0.15, 0.2) is 0 Å². The summed E-state index contributed by atoms with van der Waals surface area (Å²) in [6, 6.07) is 17.1. The van der Waals surface area contributed by atoms with E-state index in [1.54, 1.807) is 25.1 Å². The zero-order chi connectivity index (χ0) is 19.2. The minimum absolute atomic E-state index is 0.105. The van der Waals surface area contributed by atoms with Crippen LogP contribution in [-0.4, -0.2) is 42.6 Å². The maximum atomic E-state index is 12.8. The molecule has 1 unspecified atom stereocenters. The van der Waals surface area contributed by atoms with Crippen LogP contribution in [0.3, 0.4) is 0 Å². The average Bonchev–Trinajstić information content (AvgIpc) is 3.14. The molecule has 3 aromatic rings. The summed E-state index contributed by atoms with van der Waals surface area (Å²) in [6.07, 6.45) is 1.75. The zero-order valence-corrected chi connectivity index (χ0v) is 15.7. The van der Waals surface area contributed by atoms with Crippen molar-refractivity contribution in [2.24, 2.45) is 0 Å². The van der Waals surface area contributed by atoms with Crippen molar-refractivity contribution in [1.29, 1.82) is 0 Å². The van der Waals surface area contributed by atoms with Gasteiger partial charge in [-0.1, -0.05) is 18.2 Å². The molecule has 0 radical (unpaired) electrons. The third-order valence-electron chi connectivity index (χ3n) is 4.14. The maximum absolute atomic E-state index is 12.8. The molecule has 0 saturated carbocycles. The van der Waals surface area contributed by atoms with Crippen LogP contribution < -0.4 is 10.1 Å². The van der Waals surface area contributed by atoms with Gasteiger partial charge in [-0.05, 0) is 43.3 Å². The van der Waals surface area contributed by atoms with Gasteiger partial charge in [0.2, 0.25) is 0 Å². The van der Waals surface area contributed by atoms with Gasteiger partial charge >= 0.3 is 0 Å². The Morgan fingerprint density at radius 3 is 2.44 bits per heavy atom. The number of amides is 1. The first kappa shape index (κ1) is 18.7. The number of para-hydroxylation sites is 1. The number of ether oxygens (including phenoxy) is 2. The molecule has 0 aliphatic heterocycles. The van der Waals surface area contributed by atoms with Crippen LogP contribution in [0.25, 0.3) is 16.9 Å². The Morgan fingerprint density at radius 2 is 1.81 bits per heavy atom. The first-order chi connectivity index (χ1) is 13.1. The zero-order valence-electron chi connectivity index (χ0n) is 15.7. The number of rotatable bonds is 7. The van der Waals surface area contributed by atoms with Crippen molar-refractivity contribution in [1.82, 2.24) is 15.1 Å². The van der Waals surface area contributed by atoms with Crippen molar-refractivity contribution in [3.63, 3.8) is 0 Å². The first-order valence-electron chi connectivity index (χ1n) is 8.71.